The molecule has 0 aliphatic rings. The number of carboxylic acids is 1. The Morgan fingerprint density at radius 2 is 1.71 bits per heavy atom. The number of H-pyrrole nitrogens is 1. The fraction of sp³-hybridized carbons (Fsp3) is 0.192. The molecule has 0 unspecified atom stereocenters. The third kappa shape index (κ3) is 3.99. The molecule has 1 heterocycles. The quantitative estimate of drug-likeness (QED) is 0.330. The first-order chi connectivity index (χ1) is 15.0. The second-order valence-corrected chi connectivity index (χ2v) is 7.68. The summed E-state index contributed by atoms with van der Waals surface area (Å²) in [6.45, 7) is 4.28. The average molecular weight is 415 g/mol. The maximum absolute atomic E-state index is 12.0. The summed E-state index contributed by atoms with van der Waals surface area (Å²) in [4.78, 5) is 15.1. The van der Waals surface area contributed by atoms with Crippen LogP contribution in [-0.2, 0) is 6.42 Å². The number of aromatic nitrogens is 1. The first-order valence-electron chi connectivity index (χ1n) is 10.3. The van der Waals surface area contributed by atoms with E-state index >= 15 is 0 Å². The van der Waals surface area contributed by atoms with Gasteiger partial charge in [0.15, 0.2) is 0 Å². The van der Waals surface area contributed by atoms with Gasteiger partial charge in [-0.2, -0.15) is 0 Å². The smallest absolute Gasteiger partial charge is 0.352 e. The number of aromatic amines is 1. The highest BCUT2D eigenvalue weighted by atomic mass is 16.5. The number of benzene rings is 3. The predicted molar refractivity (Wildman–Crippen MR) is 122 cm³/mol. The van der Waals surface area contributed by atoms with Gasteiger partial charge in [0.2, 0.25) is 0 Å². The van der Waals surface area contributed by atoms with E-state index in [-0.39, 0.29) is 11.4 Å². The summed E-state index contributed by atoms with van der Waals surface area (Å²) in [5.41, 5.74) is 5.77. The van der Waals surface area contributed by atoms with Crippen LogP contribution >= 0.6 is 0 Å². The number of nitrogens with one attached hydrogen (secondary N) is 1. The van der Waals surface area contributed by atoms with Crippen LogP contribution in [0.3, 0.4) is 0 Å². The molecular weight excluding hydrogens is 390 g/mol. The number of aromatic hydroxyl groups is 1. The van der Waals surface area contributed by atoms with Crippen molar-refractivity contribution in [1.82, 2.24) is 4.98 Å². The molecule has 31 heavy (non-hydrogen) atoms. The van der Waals surface area contributed by atoms with Crippen molar-refractivity contribution in [3.05, 3.63) is 83.0 Å². The molecule has 4 aromatic rings. The van der Waals surface area contributed by atoms with Crippen molar-refractivity contribution >= 4 is 16.9 Å². The van der Waals surface area contributed by atoms with Gasteiger partial charge in [-0.3, -0.25) is 0 Å². The lowest BCUT2D eigenvalue weighted by molar-refractivity contribution is 0.0690. The second kappa shape index (κ2) is 8.56. The number of carbonyl (C=O) groups is 1. The Balaban J connectivity index is 1.62. The Morgan fingerprint density at radius 1 is 0.968 bits per heavy atom. The van der Waals surface area contributed by atoms with Gasteiger partial charge < -0.3 is 19.9 Å². The highest BCUT2D eigenvalue weighted by molar-refractivity contribution is 6.03. The fourth-order valence-corrected chi connectivity index (χ4v) is 4.01. The van der Waals surface area contributed by atoms with Crippen molar-refractivity contribution < 1.29 is 19.7 Å². The summed E-state index contributed by atoms with van der Waals surface area (Å²) in [5, 5.41) is 20.5. The molecule has 0 fully saturated rings. The number of hydrogen-bond acceptors (Lipinski definition) is 3. The van der Waals surface area contributed by atoms with Crippen LogP contribution in [0.1, 0.15) is 33.6 Å². The molecule has 0 aliphatic carbocycles. The number of phenols is 1. The summed E-state index contributed by atoms with van der Waals surface area (Å²) >= 11 is 0. The number of phenolic OH excluding ortho intramolecular Hbond substituents is 1. The van der Waals surface area contributed by atoms with E-state index in [0.29, 0.717) is 30.8 Å². The van der Waals surface area contributed by atoms with Gasteiger partial charge in [0.25, 0.3) is 0 Å². The average Bonchev–Trinajstić information content (AvgIpc) is 3.13. The van der Waals surface area contributed by atoms with Crippen molar-refractivity contribution in [3.8, 4) is 22.6 Å². The highest BCUT2D eigenvalue weighted by Gasteiger charge is 2.19. The zero-order chi connectivity index (χ0) is 22.0. The van der Waals surface area contributed by atoms with Gasteiger partial charge >= 0.3 is 5.97 Å². The molecule has 1 aromatic heterocycles. The molecule has 158 valence electrons. The molecule has 0 atom stereocenters. The maximum Gasteiger partial charge on any atom is 0.352 e. The van der Waals surface area contributed by atoms with Crippen molar-refractivity contribution in [2.24, 2.45) is 0 Å². The van der Waals surface area contributed by atoms with E-state index in [2.05, 4.69) is 24.0 Å². The summed E-state index contributed by atoms with van der Waals surface area (Å²) in [6, 6.07) is 19.2. The normalized spacial score (nSPS) is 11.0. The zero-order valence-corrected chi connectivity index (χ0v) is 17.6. The topological polar surface area (TPSA) is 82.6 Å². The highest BCUT2D eigenvalue weighted by Crippen LogP contribution is 2.34. The Kier molecular flexibility index (Phi) is 5.67. The van der Waals surface area contributed by atoms with E-state index < -0.39 is 5.97 Å². The third-order valence-corrected chi connectivity index (χ3v) is 5.67. The van der Waals surface area contributed by atoms with Crippen molar-refractivity contribution in [2.45, 2.75) is 26.7 Å². The van der Waals surface area contributed by atoms with Crippen LogP contribution in [0.4, 0.5) is 0 Å². The molecule has 3 aromatic carbocycles. The number of ether oxygens (including phenoxy) is 1. The third-order valence-electron chi connectivity index (χ3n) is 5.67. The predicted octanol–water partition coefficient (Wildman–Crippen LogP) is 5.87. The number of aromatic carboxylic acids is 1. The van der Waals surface area contributed by atoms with Crippen molar-refractivity contribution in [2.75, 3.05) is 6.61 Å². The molecule has 4 rings (SSSR count). The summed E-state index contributed by atoms with van der Waals surface area (Å²) in [6.07, 6.45) is 1.22. The van der Waals surface area contributed by atoms with E-state index in [1.807, 2.05) is 36.4 Å². The number of carboxylic acid groups (broad SMARTS) is 1. The minimum Gasteiger partial charge on any atom is -0.508 e. The lowest BCUT2D eigenvalue weighted by atomic mass is 9.97. The van der Waals surface area contributed by atoms with E-state index in [1.54, 1.807) is 19.1 Å². The summed E-state index contributed by atoms with van der Waals surface area (Å²) < 4.78 is 5.82. The SMILES string of the molecule is Cc1ccccc1-c1cccc2c(CCCOc3cccc(O)c3C)c(C(=O)O)[nH]c12. The summed E-state index contributed by atoms with van der Waals surface area (Å²) in [5.74, 6) is -0.128. The maximum atomic E-state index is 12.0. The Hall–Kier alpha value is -3.73. The number of aryl methyl sites for hydroxylation is 2. The van der Waals surface area contributed by atoms with E-state index in [1.165, 1.54) is 0 Å². The van der Waals surface area contributed by atoms with Crippen LogP contribution in [0.25, 0.3) is 22.0 Å². The van der Waals surface area contributed by atoms with Gasteiger partial charge in [0.05, 0.1) is 12.1 Å². The molecule has 3 N–H and O–H groups in total. The van der Waals surface area contributed by atoms with Gasteiger partial charge in [-0.15, -0.1) is 0 Å². The van der Waals surface area contributed by atoms with Crippen LogP contribution in [-0.4, -0.2) is 27.8 Å². The van der Waals surface area contributed by atoms with Crippen LogP contribution < -0.4 is 4.74 Å². The lowest BCUT2D eigenvalue weighted by Gasteiger charge is -2.10. The van der Waals surface area contributed by atoms with Crippen molar-refractivity contribution in [1.29, 1.82) is 0 Å². The fourth-order valence-electron chi connectivity index (χ4n) is 4.01. The van der Waals surface area contributed by atoms with Gasteiger partial charge in [0, 0.05) is 16.5 Å². The minimum atomic E-state index is -0.966. The molecule has 0 spiro atoms. The van der Waals surface area contributed by atoms with E-state index in [4.69, 9.17) is 4.74 Å². The molecule has 5 nitrogen and oxygen atoms in total. The number of fused-ring (bicyclic) bond motifs is 1. The standard InChI is InChI=1S/C26H25NO4/c1-16-8-3-4-9-18(16)19-10-5-11-20-21(25(26(29)30)27-24(19)20)12-7-15-31-23-14-6-13-22(28)17(23)2/h3-6,8-11,13-14,27-28H,7,12,15H2,1-2H3,(H,29,30). The van der Waals surface area contributed by atoms with Crippen LogP contribution in [0, 0.1) is 13.8 Å². The molecule has 0 amide bonds. The van der Waals surface area contributed by atoms with Crippen LogP contribution in [0.15, 0.2) is 60.7 Å². The van der Waals surface area contributed by atoms with Gasteiger partial charge in [-0.1, -0.05) is 48.5 Å². The summed E-state index contributed by atoms with van der Waals surface area (Å²) in [7, 11) is 0. The zero-order valence-electron chi connectivity index (χ0n) is 17.6. The van der Waals surface area contributed by atoms with Crippen molar-refractivity contribution in [3.63, 3.8) is 0 Å². The Labute approximate surface area is 180 Å². The van der Waals surface area contributed by atoms with Gasteiger partial charge in [-0.05, 0) is 55.5 Å². The van der Waals surface area contributed by atoms with E-state index in [0.717, 1.165) is 33.2 Å². The number of rotatable bonds is 7. The monoisotopic (exact) mass is 415 g/mol. The van der Waals surface area contributed by atoms with Gasteiger partial charge in [0.1, 0.15) is 17.2 Å². The molecular formula is C26H25NO4. The first-order valence-corrected chi connectivity index (χ1v) is 10.3. The second-order valence-electron chi connectivity index (χ2n) is 7.68. The van der Waals surface area contributed by atoms with Crippen LogP contribution in [0.2, 0.25) is 0 Å². The Morgan fingerprint density at radius 3 is 2.48 bits per heavy atom. The molecule has 0 radical (unpaired) electrons. The number of para-hydroxylation sites is 1. The minimum absolute atomic E-state index is 0.200. The molecule has 5 heteroatoms. The largest absolute Gasteiger partial charge is 0.508 e. The molecule has 0 saturated heterocycles. The van der Waals surface area contributed by atoms with E-state index in [9.17, 15) is 15.0 Å². The molecule has 0 aliphatic heterocycles. The van der Waals surface area contributed by atoms with Gasteiger partial charge in [-0.25, -0.2) is 4.79 Å². The lowest BCUT2D eigenvalue weighted by Crippen LogP contribution is -2.04. The first kappa shape index (κ1) is 20.5. The number of hydrogen-bond donors (Lipinski definition) is 3. The Bertz CT molecular complexity index is 1260. The van der Waals surface area contributed by atoms with Crippen LogP contribution in [0.5, 0.6) is 11.5 Å². The molecule has 0 saturated carbocycles. The molecule has 0 bridgehead atoms.